The largest absolute Gasteiger partial charge is 0.349 e. The molecule has 1 N–H and O–H groups in total. The lowest BCUT2D eigenvalue weighted by Gasteiger charge is -2.26. The molecule has 0 unspecified atom stereocenters. The first-order valence-electron chi connectivity index (χ1n) is 11.8. The van der Waals surface area contributed by atoms with Gasteiger partial charge in [-0.25, -0.2) is 23.3 Å². The highest BCUT2D eigenvalue weighted by Crippen LogP contribution is 2.39. The molecule has 1 fully saturated rings. The van der Waals surface area contributed by atoms with Gasteiger partial charge >= 0.3 is 0 Å². The third-order valence-corrected chi connectivity index (χ3v) is 8.30. The number of rotatable bonds is 4. The maximum atomic E-state index is 14.6. The number of aromatic amines is 1. The molecule has 37 heavy (non-hydrogen) atoms. The van der Waals surface area contributed by atoms with E-state index in [4.69, 9.17) is 4.98 Å². The van der Waals surface area contributed by atoms with Crippen LogP contribution in [0.1, 0.15) is 30.0 Å². The second-order valence-corrected chi connectivity index (χ2v) is 12.7. The minimum atomic E-state index is -2.68. The molecule has 0 bridgehead atoms. The Balaban J connectivity index is 1.43. The summed E-state index contributed by atoms with van der Waals surface area (Å²) in [6.45, 7) is 3.92. The number of benzene rings is 2. The highest BCUT2D eigenvalue weighted by molar-refractivity contribution is 7.70. The van der Waals surface area contributed by atoms with Crippen LogP contribution in [0.3, 0.4) is 0 Å². The van der Waals surface area contributed by atoms with Crippen LogP contribution in [-0.2, 0) is 4.57 Å². The lowest BCUT2D eigenvalue weighted by molar-refractivity contribution is 0.560. The molecular formula is C26H22F2N7OP. The van der Waals surface area contributed by atoms with Gasteiger partial charge in [-0.2, -0.15) is 10.4 Å². The quantitative estimate of drug-likeness (QED) is 0.336. The number of nitrogens with zero attached hydrogens (tertiary/aromatic N) is 6. The summed E-state index contributed by atoms with van der Waals surface area (Å²) in [6, 6.07) is 10.5. The molecule has 1 saturated heterocycles. The fourth-order valence-electron chi connectivity index (χ4n) is 5.03. The molecule has 0 saturated carbocycles. The molecule has 0 aliphatic carbocycles. The topological polar surface area (TPSA) is 103 Å². The van der Waals surface area contributed by atoms with Crippen molar-refractivity contribution in [2.75, 3.05) is 24.8 Å². The predicted molar refractivity (Wildman–Crippen MR) is 138 cm³/mol. The van der Waals surface area contributed by atoms with Gasteiger partial charge in [-0.15, -0.1) is 0 Å². The molecular weight excluding hydrogens is 495 g/mol. The first kappa shape index (κ1) is 23.3. The molecule has 11 heteroatoms. The van der Waals surface area contributed by atoms with Gasteiger partial charge in [0.2, 0.25) is 0 Å². The molecule has 4 heterocycles. The summed E-state index contributed by atoms with van der Waals surface area (Å²) >= 11 is 0. The fourth-order valence-corrected chi connectivity index (χ4v) is 6.16. The number of hydrogen-bond donors (Lipinski definition) is 1. The van der Waals surface area contributed by atoms with Crippen molar-refractivity contribution in [3.63, 3.8) is 0 Å². The summed E-state index contributed by atoms with van der Waals surface area (Å²) in [5, 5.41) is 14.5. The average molecular weight is 517 g/mol. The number of hydrogen-bond acceptors (Lipinski definition) is 6. The van der Waals surface area contributed by atoms with E-state index in [0.29, 0.717) is 63.3 Å². The third-order valence-electron chi connectivity index (χ3n) is 6.77. The van der Waals surface area contributed by atoms with Gasteiger partial charge in [-0.1, -0.05) is 0 Å². The molecule has 0 spiro atoms. The SMILES string of the molecule is CP(C)(=O)c1cc2[nH]c(-c3cnn4ccc(N5CCC[C@@H]5c5cc(F)ccc5F)nc34)nc2cc1C#N. The lowest BCUT2D eigenvalue weighted by Crippen LogP contribution is -2.24. The van der Waals surface area contributed by atoms with E-state index >= 15 is 0 Å². The number of nitriles is 1. The van der Waals surface area contributed by atoms with Gasteiger partial charge in [0.1, 0.15) is 30.4 Å². The highest BCUT2D eigenvalue weighted by atomic mass is 31.2. The van der Waals surface area contributed by atoms with Crippen molar-refractivity contribution in [2.24, 2.45) is 0 Å². The number of fused-ring (bicyclic) bond motifs is 2. The first-order valence-corrected chi connectivity index (χ1v) is 14.4. The average Bonchev–Trinajstić information content (AvgIpc) is 3.61. The Morgan fingerprint density at radius 2 is 2.00 bits per heavy atom. The standard InChI is InChI=1S/C26H22F2N7OP/c1-37(2,36)23-12-21-20(10-15(23)13-29)31-25(32-21)18-14-30-35-9-7-24(33-26(18)35)34-8-3-4-22(34)17-11-16(27)5-6-19(17)28/h5-7,9-12,14,22H,3-4,8H2,1-2H3,(H,31,32)/t22-/m1/s1. The van der Waals surface area contributed by atoms with Crippen LogP contribution in [0.15, 0.2) is 48.8 Å². The Morgan fingerprint density at radius 3 is 2.78 bits per heavy atom. The van der Waals surface area contributed by atoms with E-state index in [1.807, 2.05) is 11.0 Å². The van der Waals surface area contributed by atoms with E-state index in [2.05, 4.69) is 21.1 Å². The Morgan fingerprint density at radius 1 is 1.16 bits per heavy atom. The van der Waals surface area contributed by atoms with Crippen LogP contribution in [0, 0.1) is 23.0 Å². The smallest absolute Gasteiger partial charge is 0.168 e. The minimum absolute atomic E-state index is 0.318. The van der Waals surface area contributed by atoms with Crippen molar-refractivity contribution < 1.29 is 13.3 Å². The number of anilines is 1. The summed E-state index contributed by atoms with van der Waals surface area (Å²) in [4.78, 5) is 14.7. The number of aromatic nitrogens is 5. The maximum Gasteiger partial charge on any atom is 0.168 e. The van der Waals surface area contributed by atoms with E-state index in [0.717, 1.165) is 18.6 Å². The molecule has 186 valence electrons. The van der Waals surface area contributed by atoms with Crippen molar-refractivity contribution in [3.05, 3.63) is 71.6 Å². The van der Waals surface area contributed by atoms with Crippen LogP contribution in [0.4, 0.5) is 14.6 Å². The van der Waals surface area contributed by atoms with Crippen LogP contribution < -0.4 is 10.2 Å². The van der Waals surface area contributed by atoms with E-state index in [1.165, 1.54) is 6.07 Å². The first-order chi connectivity index (χ1) is 17.7. The van der Waals surface area contributed by atoms with Crippen molar-refractivity contribution in [3.8, 4) is 17.5 Å². The molecule has 5 aromatic rings. The Bertz CT molecular complexity index is 1780. The number of imidazole rings is 1. The molecule has 1 aliphatic heterocycles. The minimum Gasteiger partial charge on any atom is -0.349 e. The summed E-state index contributed by atoms with van der Waals surface area (Å²) < 4.78 is 42.8. The van der Waals surface area contributed by atoms with Crippen LogP contribution >= 0.6 is 7.14 Å². The fraction of sp³-hybridized carbons (Fsp3) is 0.231. The van der Waals surface area contributed by atoms with Crippen molar-refractivity contribution >= 4 is 34.9 Å². The van der Waals surface area contributed by atoms with Gasteiger partial charge in [-0.05, 0) is 62.6 Å². The Labute approximate surface area is 211 Å². The highest BCUT2D eigenvalue weighted by Gasteiger charge is 2.30. The zero-order valence-corrected chi connectivity index (χ0v) is 21.0. The van der Waals surface area contributed by atoms with E-state index < -0.39 is 18.8 Å². The van der Waals surface area contributed by atoms with Gasteiger partial charge < -0.3 is 14.4 Å². The summed E-state index contributed by atoms with van der Waals surface area (Å²) in [5.41, 5.74) is 3.06. The number of H-pyrrole nitrogens is 1. The summed E-state index contributed by atoms with van der Waals surface area (Å²) in [7, 11) is -2.68. The van der Waals surface area contributed by atoms with Crippen LogP contribution in [0.2, 0.25) is 0 Å². The van der Waals surface area contributed by atoms with Gasteiger partial charge in [0, 0.05) is 23.6 Å². The molecule has 0 radical (unpaired) electrons. The van der Waals surface area contributed by atoms with E-state index in [-0.39, 0.29) is 6.04 Å². The van der Waals surface area contributed by atoms with Crippen LogP contribution in [0.5, 0.6) is 0 Å². The molecule has 2 aromatic carbocycles. The van der Waals surface area contributed by atoms with Crippen molar-refractivity contribution in [1.29, 1.82) is 5.26 Å². The molecule has 8 nitrogen and oxygen atoms in total. The van der Waals surface area contributed by atoms with Crippen LogP contribution in [0.25, 0.3) is 28.1 Å². The second kappa shape index (κ2) is 8.49. The van der Waals surface area contributed by atoms with Crippen molar-refractivity contribution in [2.45, 2.75) is 18.9 Å². The Kier molecular flexibility index (Phi) is 5.35. The van der Waals surface area contributed by atoms with Crippen LogP contribution in [-0.4, -0.2) is 44.4 Å². The van der Waals surface area contributed by atoms with E-state index in [1.54, 1.807) is 42.4 Å². The van der Waals surface area contributed by atoms with Gasteiger partial charge in [-0.3, -0.25) is 0 Å². The summed E-state index contributed by atoms with van der Waals surface area (Å²) in [6.07, 6.45) is 4.93. The second-order valence-electron chi connectivity index (χ2n) is 9.56. The molecule has 1 aliphatic rings. The van der Waals surface area contributed by atoms with Gasteiger partial charge in [0.05, 0.1) is 40.5 Å². The molecule has 1 atom stereocenters. The predicted octanol–water partition coefficient (Wildman–Crippen LogP) is 5.01. The number of nitrogens with one attached hydrogen (secondary N) is 1. The zero-order valence-electron chi connectivity index (χ0n) is 20.1. The molecule has 0 amide bonds. The van der Waals surface area contributed by atoms with Crippen molar-refractivity contribution in [1.82, 2.24) is 24.6 Å². The summed E-state index contributed by atoms with van der Waals surface area (Å²) in [5.74, 6) is 0.224. The third kappa shape index (κ3) is 3.96. The van der Waals surface area contributed by atoms with Gasteiger partial charge in [0.15, 0.2) is 5.65 Å². The molecule has 6 rings (SSSR count). The zero-order chi connectivity index (χ0) is 25.9. The maximum absolute atomic E-state index is 14.6. The monoisotopic (exact) mass is 517 g/mol. The number of halogens is 2. The van der Waals surface area contributed by atoms with Gasteiger partial charge in [0.25, 0.3) is 0 Å². The molecule has 3 aromatic heterocycles. The Hall–Kier alpha value is -4.09. The lowest BCUT2D eigenvalue weighted by atomic mass is 10.0. The van der Waals surface area contributed by atoms with E-state index in [9.17, 15) is 18.6 Å². The normalized spacial score (nSPS) is 16.1.